The van der Waals surface area contributed by atoms with E-state index >= 15 is 0 Å². The zero-order valence-corrected chi connectivity index (χ0v) is 20.8. The molecule has 1 heterocycles. The number of nitrogens with zero attached hydrogens (tertiary/aromatic N) is 2. The highest BCUT2D eigenvalue weighted by Gasteiger charge is 2.19. The van der Waals surface area contributed by atoms with Crippen LogP contribution in [0, 0.1) is 25.2 Å². The summed E-state index contributed by atoms with van der Waals surface area (Å²) in [6.07, 6.45) is 6.45. The summed E-state index contributed by atoms with van der Waals surface area (Å²) in [4.78, 5) is 36.3. The lowest BCUT2D eigenvalue weighted by molar-refractivity contribution is -0.144. The predicted octanol–water partition coefficient (Wildman–Crippen LogP) is 4.47. The second-order valence-corrected chi connectivity index (χ2v) is 9.16. The van der Waals surface area contributed by atoms with Crippen molar-refractivity contribution in [1.29, 1.82) is 5.26 Å². The van der Waals surface area contributed by atoms with Crippen LogP contribution in [0.2, 0.25) is 0 Å². The van der Waals surface area contributed by atoms with Gasteiger partial charge in [0.05, 0.1) is 0 Å². The van der Waals surface area contributed by atoms with Crippen LogP contribution >= 0.6 is 15.9 Å². The van der Waals surface area contributed by atoms with Gasteiger partial charge in [-0.15, -0.1) is 0 Å². The largest absolute Gasteiger partial charge is 0.451 e. The standard InChI is InChI=1S/C25H27BrN4O4/c1-16-12-18(17(2)30(16)22-10-8-20(26)9-11-22)13-19(14-27)24(32)34-15-23(31)29-25(33)28-21-6-4-3-5-7-21/h8-13,21H,3-7,15H2,1-2H3,(H2,28,29,31,33)/b19-13+. The molecule has 0 aliphatic heterocycles. The number of carbonyl (C=O) groups is 3. The number of nitriles is 1. The summed E-state index contributed by atoms with van der Waals surface area (Å²) in [5, 5.41) is 14.4. The molecule has 2 aromatic rings. The molecule has 0 unspecified atom stereocenters. The Morgan fingerprint density at radius 3 is 2.50 bits per heavy atom. The van der Waals surface area contributed by atoms with E-state index in [-0.39, 0.29) is 11.6 Å². The molecule has 34 heavy (non-hydrogen) atoms. The number of carbonyl (C=O) groups excluding carboxylic acids is 3. The van der Waals surface area contributed by atoms with E-state index in [1.165, 1.54) is 6.08 Å². The molecule has 3 rings (SSSR count). The number of urea groups is 1. The minimum absolute atomic E-state index is 0.0497. The predicted molar refractivity (Wildman–Crippen MR) is 131 cm³/mol. The average molecular weight is 527 g/mol. The second kappa shape index (κ2) is 11.7. The van der Waals surface area contributed by atoms with Crippen LogP contribution in [0.3, 0.4) is 0 Å². The van der Waals surface area contributed by atoms with Gasteiger partial charge in [0.25, 0.3) is 5.91 Å². The van der Waals surface area contributed by atoms with Crippen LogP contribution in [0.15, 0.2) is 40.4 Å². The number of esters is 1. The van der Waals surface area contributed by atoms with E-state index in [4.69, 9.17) is 4.74 Å². The first-order chi connectivity index (χ1) is 16.3. The van der Waals surface area contributed by atoms with Crippen molar-refractivity contribution in [2.24, 2.45) is 0 Å². The molecule has 1 saturated carbocycles. The fraction of sp³-hybridized carbons (Fsp3) is 0.360. The summed E-state index contributed by atoms with van der Waals surface area (Å²) in [5.41, 5.74) is 3.17. The Labute approximate surface area is 207 Å². The van der Waals surface area contributed by atoms with Gasteiger partial charge in [0, 0.05) is 27.6 Å². The molecule has 3 amide bonds. The van der Waals surface area contributed by atoms with Gasteiger partial charge in [-0.25, -0.2) is 9.59 Å². The van der Waals surface area contributed by atoms with Crippen LogP contribution in [0.1, 0.15) is 49.1 Å². The molecule has 0 spiro atoms. The van der Waals surface area contributed by atoms with Gasteiger partial charge in [0.1, 0.15) is 11.6 Å². The summed E-state index contributed by atoms with van der Waals surface area (Å²) < 4.78 is 7.93. The van der Waals surface area contributed by atoms with Gasteiger partial charge in [-0.1, -0.05) is 35.2 Å². The van der Waals surface area contributed by atoms with E-state index in [1.54, 1.807) is 0 Å². The van der Waals surface area contributed by atoms with Gasteiger partial charge in [0.2, 0.25) is 0 Å². The minimum Gasteiger partial charge on any atom is -0.451 e. The first kappa shape index (κ1) is 25.2. The maximum Gasteiger partial charge on any atom is 0.349 e. The lowest BCUT2D eigenvalue weighted by atomic mass is 9.96. The Bertz CT molecular complexity index is 1140. The summed E-state index contributed by atoms with van der Waals surface area (Å²) in [5.74, 6) is -1.69. The number of aromatic nitrogens is 1. The van der Waals surface area contributed by atoms with E-state index in [1.807, 2.05) is 54.8 Å². The number of rotatable bonds is 6. The molecule has 0 saturated heterocycles. The van der Waals surface area contributed by atoms with Crippen LogP contribution < -0.4 is 10.6 Å². The molecule has 2 N–H and O–H groups in total. The van der Waals surface area contributed by atoms with E-state index in [0.29, 0.717) is 5.56 Å². The van der Waals surface area contributed by atoms with Crippen molar-refractivity contribution in [3.05, 3.63) is 57.3 Å². The van der Waals surface area contributed by atoms with Crippen LogP contribution in [0.25, 0.3) is 11.8 Å². The number of amides is 3. The Hall–Kier alpha value is -3.38. The molecule has 0 atom stereocenters. The van der Waals surface area contributed by atoms with E-state index in [0.717, 1.165) is 53.7 Å². The Balaban J connectivity index is 1.61. The monoisotopic (exact) mass is 526 g/mol. The number of imide groups is 1. The van der Waals surface area contributed by atoms with E-state index in [9.17, 15) is 19.6 Å². The minimum atomic E-state index is -0.932. The fourth-order valence-electron chi connectivity index (χ4n) is 4.05. The third-order valence-electron chi connectivity index (χ3n) is 5.72. The molecule has 0 radical (unpaired) electrons. The smallest absolute Gasteiger partial charge is 0.349 e. The molecule has 1 aliphatic rings. The SMILES string of the molecule is Cc1cc(/C=C(\C#N)C(=O)OCC(=O)NC(=O)NC2CCCCC2)c(C)n1-c1ccc(Br)cc1. The van der Waals surface area contributed by atoms with Crippen LogP contribution in [0.4, 0.5) is 4.79 Å². The van der Waals surface area contributed by atoms with E-state index < -0.39 is 24.5 Å². The lowest BCUT2D eigenvalue weighted by Gasteiger charge is -2.22. The molecular formula is C25H27BrN4O4. The highest BCUT2D eigenvalue weighted by molar-refractivity contribution is 9.10. The quantitative estimate of drug-likeness (QED) is 0.327. The van der Waals surface area contributed by atoms with Crippen molar-refractivity contribution < 1.29 is 19.1 Å². The molecule has 1 fully saturated rings. The summed E-state index contributed by atoms with van der Waals surface area (Å²) in [6.45, 7) is 3.16. The fourth-order valence-corrected chi connectivity index (χ4v) is 4.32. The van der Waals surface area contributed by atoms with Crippen LogP contribution in [-0.2, 0) is 14.3 Å². The van der Waals surface area contributed by atoms with Crippen molar-refractivity contribution >= 4 is 39.9 Å². The normalized spacial score (nSPS) is 14.2. The first-order valence-electron chi connectivity index (χ1n) is 11.1. The lowest BCUT2D eigenvalue weighted by Crippen LogP contribution is -2.46. The molecule has 1 aromatic heterocycles. The number of hydrogen-bond donors (Lipinski definition) is 2. The Morgan fingerprint density at radius 1 is 1.18 bits per heavy atom. The second-order valence-electron chi connectivity index (χ2n) is 8.24. The van der Waals surface area contributed by atoms with Crippen molar-refractivity contribution in [3.63, 3.8) is 0 Å². The zero-order chi connectivity index (χ0) is 24.7. The summed E-state index contributed by atoms with van der Waals surface area (Å²) in [6, 6.07) is 10.9. The Morgan fingerprint density at radius 2 is 1.85 bits per heavy atom. The maximum atomic E-state index is 12.4. The van der Waals surface area contributed by atoms with Gasteiger partial charge in [0.15, 0.2) is 6.61 Å². The van der Waals surface area contributed by atoms with Gasteiger partial charge < -0.3 is 14.6 Å². The van der Waals surface area contributed by atoms with Gasteiger partial charge >= 0.3 is 12.0 Å². The summed E-state index contributed by atoms with van der Waals surface area (Å²) in [7, 11) is 0. The molecule has 1 aromatic carbocycles. The van der Waals surface area contributed by atoms with Gasteiger partial charge in [-0.3, -0.25) is 10.1 Å². The average Bonchev–Trinajstić information content (AvgIpc) is 3.09. The summed E-state index contributed by atoms with van der Waals surface area (Å²) >= 11 is 3.42. The third kappa shape index (κ3) is 6.58. The zero-order valence-electron chi connectivity index (χ0n) is 19.2. The number of benzene rings is 1. The van der Waals surface area contributed by atoms with Crippen molar-refractivity contribution in [2.45, 2.75) is 52.0 Å². The molecule has 1 aliphatic carbocycles. The van der Waals surface area contributed by atoms with E-state index in [2.05, 4.69) is 26.6 Å². The number of nitrogens with one attached hydrogen (secondary N) is 2. The highest BCUT2D eigenvalue weighted by atomic mass is 79.9. The number of ether oxygens (including phenoxy) is 1. The van der Waals surface area contributed by atoms with Gasteiger partial charge in [-0.2, -0.15) is 5.26 Å². The maximum absolute atomic E-state index is 12.4. The van der Waals surface area contributed by atoms with Crippen LogP contribution in [-0.4, -0.2) is 35.1 Å². The van der Waals surface area contributed by atoms with Crippen LogP contribution in [0.5, 0.6) is 0 Å². The third-order valence-corrected chi connectivity index (χ3v) is 6.25. The van der Waals surface area contributed by atoms with Gasteiger partial charge in [-0.05, 0) is 68.7 Å². The molecule has 9 heteroatoms. The van der Waals surface area contributed by atoms with Crippen molar-refractivity contribution in [2.75, 3.05) is 6.61 Å². The topological polar surface area (TPSA) is 113 Å². The molecular weight excluding hydrogens is 500 g/mol. The van der Waals surface area contributed by atoms with Crippen molar-refractivity contribution in [1.82, 2.24) is 15.2 Å². The number of hydrogen-bond acceptors (Lipinski definition) is 5. The molecule has 8 nitrogen and oxygen atoms in total. The first-order valence-corrected chi connectivity index (χ1v) is 11.9. The highest BCUT2D eigenvalue weighted by Crippen LogP contribution is 2.24. The number of aryl methyl sites for hydroxylation is 1. The Kier molecular flexibility index (Phi) is 8.66. The van der Waals surface area contributed by atoms with Crippen molar-refractivity contribution in [3.8, 4) is 11.8 Å². The number of halogens is 1. The molecule has 0 bridgehead atoms. The molecule has 178 valence electrons.